The molecule has 0 aliphatic heterocycles. The van der Waals surface area contributed by atoms with Gasteiger partial charge in [0.2, 0.25) is 11.8 Å². The van der Waals surface area contributed by atoms with Crippen molar-refractivity contribution in [2.24, 2.45) is 0 Å². The van der Waals surface area contributed by atoms with Crippen LogP contribution in [0.5, 0.6) is 0 Å². The Morgan fingerprint density at radius 1 is 0.833 bits per heavy atom. The molecule has 3 aromatic carbocycles. The Labute approximate surface area is 220 Å². The van der Waals surface area contributed by atoms with Crippen LogP contribution in [-0.2, 0) is 35.4 Å². The molecule has 1 unspecified atom stereocenters. The number of hydrogen-bond donors (Lipinski definition) is 1. The molecule has 4 nitrogen and oxygen atoms in total. The fraction of sp³-hybridized carbons (Fsp3) is 0.355. The van der Waals surface area contributed by atoms with Gasteiger partial charge in [-0.2, -0.15) is 0 Å². The van der Waals surface area contributed by atoms with Gasteiger partial charge in [0.05, 0.1) is 0 Å². The molecule has 3 rings (SSSR count). The monoisotopic (exact) mass is 504 g/mol. The number of rotatable bonds is 10. The summed E-state index contributed by atoms with van der Waals surface area (Å²) in [4.78, 5) is 29.0. The van der Waals surface area contributed by atoms with Crippen LogP contribution in [0.1, 0.15) is 56.4 Å². The summed E-state index contributed by atoms with van der Waals surface area (Å²) in [5.74, 6) is -0.199. The van der Waals surface area contributed by atoms with Gasteiger partial charge in [-0.05, 0) is 68.0 Å². The number of carbonyl (C=O) groups is 2. The number of aryl methyl sites for hydroxylation is 2. The first-order valence-corrected chi connectivity index (χ1v) is 13.0. The minimum Gasteiger partial charge on any atom is -0.350 e. The highest BCUT2D eigenvalue weighted by atomic mass is 35.5. The van der Waals surface area contributed by atoms with Crippen LogP contribution in [0, 0.1) is 0 Å². The summed E-state index contributed by atoms with van der Waals surface area (Å²) in [7, 11) is 0. The van der Waals surface area contributed by atoms with Crippen molar-refractivity contribution in [3.8, 4) is 0 Å². The van der Waals surface area contributed by atoms with Crippen LogP contribution >= 0.6 is 11.6 Å². The number of halogens is 1. The number of amides is 2. The minimum atomic E-state index is -0.641. The van der Waals surface area contributed by atoms with Crippen LogP contribution in [0.4, 0.5) is 0 Å². The molecule has 1 N–H and O–H groups in total. The largest absolute Gasteiger partial charge is 0.350 e. The maximum Gasteiger partial charge on any atom is 0.243 e. The van der Waals surface area contributed by atoms with Crippen molar-refractivity contribution >= 4 is 23.4 Å². The van der Waals surface area contributed by atoms with Crippen molar-refractivity contribution in [2.45, 2.75) is 71.5 Å². The smallest absolute Gasteiger partial charge is 0.243 e. The summed E-state index contributed by atoms with van der Waals surface area (Å²) in [5, 5.41) is 3.74. The van der Waals surface area contributed by atoms with E-state index in [0.717, 1.165) is 23.1 Å². The Morgan fingerprint density at radius 2 is 1.42 bits per heavy atom. The lowest BCUT2D eigenvalue weighted by Crippen LogP contribution is -2.54. The molecule has 0 aliphatic rings. The standard InChI is InChI=1S/C31H37ClN2O2/c1-5-23-11-13-24(14-12-23)17-20-29(35)34(22-26-15-18-27(32)19-16-26)28(30(36)33-31(2,3)4)21-25-9-7-6-8-10-25/h6-16,18-19,28H,5,17,20-22H2,1-4H3,(H,33,36). The molecule has 0 aromatic heterocycles. The van der Waals surface area contributed by atoms with Crippen LogP contribution in [0.2, 0.25) is 5.02 Å². The Bertz CT molecular complexity index is 1120. The zero-order valence-electron chi connectivity index (χ0n) is 21.8. The fourth-order valence-electron chi connectivity index (χ4n) is 4.13. The fourth-order valence-corrected chi connectivity index (χ4v) is 4.26. The topological polar surface area (TPSA) is 49.4 Å². The molecule has 3 aromatic rings. The van der Waals surface area contributed by atoms with Crippen LogP contribution in [0.25, 0.3) is 0 Å². The summed E-state index contributed by atoms with van der Waals surface area (Å²) in [6, 6.07) is 25.1. The number of benzene rings is 3. The number of nitrogens with one attached hydrogen (secondary N) is 1. The molecule has 0 saturated carbocycles. The van der Waals surface area contributed by atoms with Crippen molar-refractivity contribution in [2.75, 3.05) is 0 Å². The molecule has 0 bridgehead atoms. The molecule has 0 saturated heterocycles. The van der Waals surface area contributed by atoms with E-state index in [1.807, 2.05) is 75.4 Å². The summed E-state index contributed by atoms with van der Waals surface area (Å²) < 4.78 is 0. The molecule has 0 radical (unpaired) electrons. The second kappa shape index (κ2) is 12.7. The molecule has 5 heteroatoms. The SMILES string of the molecule is CCc1ccc(CCC(=O)N(Cc2ccc(Cl)cc2)C(Cc2ccccc2)C(=O)NC(C)(C)C)cc1. The summed E-state index contributed by atoms with van der Waals surface area (Å²) in [5.41, 5.74) is 3.92. The van der Waals surface area contributed by atoms with Crippen LogP contribution in [-0.4, -0.2) is 28.3 Å². The van der Waals surface area contributed by atoms with Gasteiger partial charge in [0, 0.05) is 29.9 Å². The normalized spacial score (nSPS) is 12.1. The molecular weight excluding hydrogens is 468 g/mol. The third-order valence-electron chi connectivity index (χ3n) is 6.09. The maximum atomic E-state index is 13.7. The van der Waals surface area contributed by atoms with Gasteiger partial charge in [-0.25, -0.2) is 0 Å². The maximum absolute atomic E-state index is 13.7. The zero-order valence-corrected chi connectivity index (χ0v) is 22.5. The van der Waals surface area contributed by atoms with Crippen molar-refractivity contribution in [3.63, 3.8) is 0 Å². The lowest BCUT2D eigenvalue weighted by Gasteiger charge is -2.34. The molecule has 0 aliphatic carbocycles. The van der Waals surface area contributed by atoms with Crippen molar-refractivity contribution in [1.29, 1.82) is 0 Å². The van der Waals surface area contributed by atoms with Gasteiger partial charge in [-0.3, -0.25) is 9.59 Å². The number of nitrogens with zero attached hydrogens (tertiary/aromatic N) is 1. The van der Waals surface area contributed by atoms with Gasteiger partial charge >= 0.3 is 0 Å². The van der Waals surface area contributed by atoms with E-state index in [1.165, 1.54) is 5.56 Å². The van der Waals surface area contributed by atoms with E-state index < -0.39 is 11.6 Å². The van der Waals surface area contributed by atoms with E-state index in [1.54, 1.807) is 4.90 Å². The molecule has 0 heterocycles. The van der Waals surface area contributed by atoms with Gasteiger partial charge in [0.1, 0.15) is 6.04 Å². The van der Waals surface area contributed by atoms with Gasteiger partial charge in [-0.15, -0.1) is 0 Å². The first kappa shape index (κ1) is 27.5. The third-order valence-corrected chi connectivity index (χ3v) is 6.35. The number of carbonyl (C=O) groups excluding carboxylic acids is 2. The van der Waals surface area contributed by atoms with Crippen LogP contribution in [0.15, 0.2) is 78.9 Å². The van der Waals surface area contributed by atoms with Gasteiger partial charge in [0.15, 0.2) is 0 Å². The first-order chi connectivity index (χ1) is 17.1. The van der Waals surface area contributed by atoms with Crippen molar-refractivity contribution in [3.05, 3.63) is 106 Å². The molecule has 1 atom stereocenters. The van der Waals surface area contributed by atoms with Crippen LogP contribution < -0.4 is 5.32 Å². The third kappa shape index (κ3) is 8.53. The predicted octanol–water partition coefficient (Wildman–Crippen LogP) is 6.39. The summed E-state index contributed by atoms with van der Waals surface area (Å²) in [6.07, 6.45) is 2.37. The van der Waals surface area contributed by atoms with E-state index >= 15 is 0 Å². The van der Waals surface area contributed by atoms with E-state index in [-0.39, 0.29) is 11.8 Å². The van der Waals surface area contributed by atoms with Gasteiger partial charge < -0.3 is 10.2 Å². The van der Waals surface area contributed by atoms with E-state index in [9.17, 15) is 9.59 Å². The average molecular weight is 505 g/mol. The highest BCUT2D eigenvalue weighted by molar-refractivity contribution is 6.30. The Kier molecular flexibility index (Phi) is 9.72. The average Bonchev–Trinajstić information content (AvgIpc) is 2.85. The predicted molar refractivity (Wildman–Crippen MR) is 148 cm³/mol. The number of hydrogen-bond acceptors (Lipinski definition) is 2. The van der Waals surface area contributed by atoms with Gasteiger partial charge in [-0.1, -0.05) is 85.3 Å². The summed E-state index contributed by atoms with van der Waals surface area (Å²) >= 11 is 6.10. The lowest BCUT2D eigenvalue weighted by molar-refractivity contribution is -0.141. The minimum absolute atomic E-state index is 0.0468. The van der Waals surface area contributed by atoms with Gasteiger partial charge in [0.25, 0.3) is 0 Å². The summed E-state index contributed by atoms with van der Waals surface area (Å²) in [6.45, 7) is 8.32. The quantitative estimate of drug-likeness (QED) is 0.348. The van der Waals surface area contributed by atoms with Crippen molar-refractivity contribution < 1.29 is 9.59 Å². The molecule has 190 valence electrons. The Morgan fingerprint density at radius 3 is 2.00 bits per heavy atom. The van der Waals surface area contributed by atoms with E-state index in [0.29, 0.717) is 30.8 Å². The molecular formula is C31H37ClN2O2. The molecule has 36 heavy (non-hydrogen) atoms. The Hall–Kier alpha value is -3.11. The van der Waals surface area contributed by atoms with Crippen molar-refractivity contribution in [1.82, 2.24) is 10.2 Å². The second-order valence-electron chi connectivity index (χ2n) is 10.3. The second-order valence-corrected chi connectivity index (χ2v) is 10.7. The van der Waals surface area contributed by atoms with E-state index in [4.69, 9.17) is 11.6 Å². The highest BCUT2D eigenvalue weighted by Crippen LogP contribution is 2.19. The molecule has 0 spiro atoms. The van der Waals surface area contributed by atoms with E-state index in [2.05, 4.69) is 36.5 Å². The molecule has 2 amide bonds. The Balaban J connectivity index is 1.90. The highest BCUT2D eigenvalue weighted by Gasteiger charge is 2.32. The first-order valence-electron chi connectivity index (χ1n) is 12.6. The zero-order chi connectivity index (χ0) is 26.1. The lowest BCUT2D eigenvalue weighted by atomic mass is 9.99. The van der Waals surface area contributed by atoms with Crippen LogP contribution in [0.3, 0.4) is 0 Å². The molecule has 0 fully saturated rings.